The van der Waals surface area contributed by atoms with Crippen LogP contribution in [0.1, 0.15) is 0 Å². The van der Waals surface area contributed by atoms with Gasteiger partial charge in [-0.2, -0.15) is 0 Å². The quantitative estimate of drug-likeness (QED) is 0.487. The summed E-state index contributed by atoms with van der Waals surface area (Å²) in [5.41, 5.74) is 0. The van der Waals surface area contributed by atoms with Crippen molar-refractivity contribution in [2.75, 3.05) is 0 Å². The van der Waals surface area contributed by atoms with Crippen molar-refractivity contribution in [3.63, 3.8) is 0 Å². The van der Waals surface area contributed by atoms with Crippen LogP contribution in [0, 0.1) is 0 Å². The van der Waals surface area contributed by atoms with Gasteiger partial charge in [0.05, 0.1) is 0 Å². The van der Waals surface area contributed by atoms with Gasteiger partial charge in [0.1, 0.15) is 0 Å². The molecule has 0 atom stereocenters. The Morgan fingerprint density at radius 1 is 0.800 bits per heavy atom. The van der Waals surface area contributed by atoms with Crippen LogP contribution in [-0.4, -0.2) is 28.0 Å². The number of alkyl halides is 6. The van der Waals surface area contributed by atoms with Gasteiger partial charge in [-0.25, -0.2) is 0 Å². The first-order valence-corrected chi connectivity index (χ1v) is 4.99. The second-order valence-corrected chi connectivity index (χ2v) is 5.34. The van der Waals surface area contributed by atoms with Gasteiger partial charge >= 0.3 is 57.4 Å². The van der Waals surface area contributed by atoms with Crippen molar-refractivity contribution in [3.8, 4) is 0 Å². The van der Waals surface area contributed by atoms with E-state index in [1.165, 1.54) is 0 Å². The minimum absolute atomic E-state index is 5.57. The Hall–Kier alpha value is 0.170. The molecule has 8 heteroatoms. The van der Waals surface area contributed by atoms with E-state index in [2.05, 4.69) is 0 Å². The first-order chi connectivity index (χ1) is 4.15. The van der Waals surface area contributed by atoms with Gasteiger partial charge in [0.2, 0.25) is 0 Å². The standard InChI is InChI=1S/C2F6OTe/c3-1(4,5)10(9)2(6,7)8. The molecule has 0 aliphatic carbocycles. The third-order valence-electron chi connectivity index (χ3n) is 0.420. The van der Waals surface area contributed by atoms with Gasteiger partial charge < -0.3 is 0 Å². The molecule has 0 heterocycles. The van der Waals surface area contributed by atoms with Crippen LogP contribution < -0.4 is 0 Å². The van der Waals surface area contributed by atoms with Crippen LogP contribution in [0.2, 0.25) is 0 Å². The van der Waals surface area contributed by atoms with Crippen LogP contribution in [0.15, 0.2) is 0 Å². The fraction of sp³-hybridized carbons (Fsp3) is 1.00. The van der Waals surface area contributed by atoms with Crippen molar-refractivity contribution in [1.82, 2.24) is 0 Å². The maximum absolute atomic E-state index is 11.0. The molecule has 0 amide bonds. The Morgan fingerprint density at radius 2 is 1.00 bits per heavy atom. The molecule has 0 aromatic heterocycles. The van der Waals surface area contributed by atoms with Gasteiger partial charge in [0.15, 0.2) is 0 Å². The van der Waals surface area contributed by atoms with Gasteiger partial charge in [-0.3, -0.25) is 0 Å². The van der Waals surface area contributed by atoms with Gasteiger partial charge in [0, 0.05) is 0 Å². The van der Waals surface area contributed by atoms with Crippen LogP contribution in [-0.2, 0) is 3.10 Å². The molecule has 0 unspecified atom stereocenters. The molecule has 0 radical (unpaired) electrons. The average Bonchev–Trinajstić information content (AvgIpc) is 1.59. The van der Waals surface area contributed by atoms with Crippen molar-refractivity contribution in [1.29, 1.82) is 0 Å². The van der Waals surface area contributed by atoms with Crippen LogP contribution in [0.4, 0.5) is 26.3 Å². The molecule has 0 N–H and O–H groups in total. The third-order valence-corrected chi connectivity index (χ3v) is 2.82. The van der Waals surface area contributed by atoms with Crippen LogP contribution in [0.25, 0.3) is 0 Å². The fourth-order valence-electron chi connectivity index (χ4n) is 0.131. The van der Waals surface area contributed by atoms with Crippen LogP contribution in [0.3, 0.4) is 0 Å². The molecule has 0 fully saturated rings. The first kappa shape index (κ1) is 10.2. The molecule has 0 bridgehead atoms. The topological polar surface area (TPSA) is 17.1 Å². The van der Waals surface area contributed by atoms with E-state index >= 15 is 0 Å². The molecule has 0 aromatic carbocycles. The molecule has 0 rings (SSSR count). The predicted molar refractivity (Wildman–Crippen MR) is 18.6 cm³/mol. The Labute approximate surface area is 58.0 Å². The molecular formula is C2F6OTe. The molecule has 0 aromatic rings. The Bertz CT molecular complexity index is 127. The monoisotopic (exact) mass is 284 g/mol. The van der Waals surface area contributed by atoms with Crippen molar-refractivity contribution in [3.05, 3.63) is 0 Å². The molecule has 1 nitrogen and oxygen atoms in total. The van der Waals surface area contributed by atoms with Crippen molar-refractivity contribution >= 4 is 19.5 Å². The molecular weight excluding hydrogens is 282 g/mol. The zero-order valence-corrected chi connectivity index (χ0v) is 6.41. The Balaban J connectivity index is 4.40. The molecule has 10 heavy (non-hydrogen) atoms. The van der Waals surface area contributed by atoms with Gasteiger partial charge in [-0.05, 0) is 0 Å². The zero-order chi connectivity index (χ0) is 8.58. The summed E-state index contributed by atoms with van der Waals surface area (Å²) in [5, 5.41) is 0. The van der Waals surface area contributed by atoms with Crippen LogP contribution >= 0.6 is 0 Å². The van der Waals surface area contributed by atoms with E-state index in [0.29, 0.717) is 0 Å². The van der Waals surface area contributed by atoms with Gasteiger partial charge in [0.25, 0.3) is 0 Å². The Morgan fingerprint density at radius 3 is 1.00 bits per heavy atom. The van der Waals surface area contributed by atoms with E-state index < -0.39 is 28.0 Å². The maximum atomic E-state index is 11.0. The molecule has 0 saturated heterocycles. The second kappa shape index (κ2) is 2.66. The molecule has 62 valence electrons. The second-order valence-electron chi connectivity index (χ2n) is 1.16. The summed E-state index contributed by atoms with van der Waals surface area (Å²) in [6.07, 6.45) is 0. The predicted octanol–water partition coefficient (Wildman–Crippen LogP) is 1.61. The number of hydrogen-bond acceptors (Lipinski definition) is 1. The van der Waals surface area contributed by atoms with Crippen molar-refractivity contribution in [2.45, 2.75) is 8.45 Å². The van der Waals surface area contributed by atoms with Crippen molar-refractivity contribution < 1.29 is 29.4 Å². The SMILES string of the molecule is O=[Te](C(F)(F)F)C(F)(F)F. The average molecular weight is 282 g/mol. The summed E-state index contributed by atoms with van der Waals surface area (Å²) in [7, 11) is 0. The number of halogens is 6. The summed E-state index contributed by atoms with van der Waals surface area (Å²) in [6, 6.07) is 0. The summed E-state index contributed by atoms with van der Waals surface area (Å²) in [6.45, 7) is 0. The molecule has 0 spiro atoms. The van der Waals surface area contributed by atoms with Gasteiger partial charge in [-0.1, -0.05) is 0 Å². The van der Waals surface area contributed by atoms with Gasteiger partial charge in [-0.15, -0.1) is 0 Å². The van der Waals surface area contributed by atoms with E-state index in [1.807, 2.05) is 0 Å². The van der Waals surface area contributed by atoms with E-state index in [-0.39, 0.29) is 0 Å². The summed E-state index contributed by atoms with van der Waals surface area (Å²) < 4.78 is 64.3. The van der Waals surface area contributed by atoms with E-state index in [9.17, 15) is 29.4 Å². The molecule has 0 aliphatic heterocycles. The fourth-order valence-corrected chi connectivity index (χ4v) is 0.880. The van der Waals surface area contributed by atoms with E-state index in [1.54, 1.807) is 0 Å². The molecule has 0 aliphatic rings. The number of hydrogen-bond donors (Lipinski definition) is 0. The zero-order valence-electron chi connectivity index (χ0n) is 4.08. The summed E-state index contributed by atoms with van der Waals surface area (Å²) in [4.78, 5) is 0. The van der Waals surface area contributed by atoms with E-state index in [4.69, 9.17) is 0 Å². The van der Waals surface area contributed by atoms with Crippen LogP contribution in [0.5, 0.6) is 0 Å². The molecule has 0 saturated carbocycles. The number of rotatable bonds is 0. The third kappa shape index (κ3) is 2.84. The summed E-state index contributed by atoms with van der Waals surface area (Å²) in [5.74, 6) is 0. The summed E-state index contributed by atoms with van der Waals surface area (Å²) >= 11 is -6.13. The van der Waals surface area contributed by atoms with Crippen molar-refractivity contribution in [2.24, 2.45) is 0 Å². The van der Waals surface area contributed by atoms with E-state index in [0.717, 1.165) is 0 Å². The normalized spacial score (nSPS) is 14.3. The first-order valence-electron chi connectivity index (χ1n) is 1.71. The Kier molecular flexibility index (Phi) is 2.70. The minimum atomic E-state index is -6.13.